The molecule has 4 aromatic heterocycles. The normalized spacial score (nSPS) is 18.8. The summed E-state index contributed by atoms with van der Waals surface area (Å²) in [6.45, 7) is 4.47. The Balaban J connectivity index is 1.29. The molecular formula is C24H23N9O3. The highest BCUT2D eigenvalue weighted by molar-refractivity contribution is 6.45. The van der Waals surface area contributed by atoms with E-state index in [0.29, 0.717) is 41.4 Å². The Morgan fingerprint density at radius 1 is 1.17 bits per heavy atom. The number of nitrogens with one attached hydrogen (secondary N) is 1. The van der Waals surface area contributed by atoms with Gasteiger partial charge in [0.1, 0.15) is 23.7 Å². The molecule has 0 aliphatic carbocycles. The van der Waals surface area contributed by atoms with Crippen molar-refractivity contribution in [2.45, 2.75) is 19.9 Å². The maximum atomic E-state index is 13.5. The number of aromatic amines is 1. The first-order valence-electron chi connectivity index (χ1n) is 11.5. The summed E-state index contributed by atoms with van der Waals surface area (Å²) >= 11 is 0. The molecule has 1 saturated heterocycles. The van der Waals surface area contributed by atoms with Gasteiger partial charge >= 0.3 is 0 Å². The number of hydrazone groups is 1. The Bertz CT molecular complexity index is 1540. The second kappa shape index (κ2) is 8.26. The topological polar surface area (TPSA) is 134 Å². The smallest absolute Gasteiger partial charge is 0.295 e. The molecule has 36 heavy (non-hydrogen) atoms. The van der Waals surface area contributed by atoms with Gasteiger partial charge in [-0.25, -0.2) is 24.6 Å². The first-order valence-corrected chi connectivity index (χ1v) is 11.5. The van der Waals surface area contributed by atoms with Gasteiger partial charge in [-0.2, -0.15) is 10.2 Å². The largest absolute Gasteiger partial charge is 0.494 e. The molecule has 2 atom stereocenters. The third-order valence-corrected chi connectivity index (χ3v) is 6.56. The van der Waals surface area contributed by atoms with E-state index in [1.165, 1.54) is 30.5 Å². The first-order chi connectivity index (χ1) is 17.4. The van der Waals surface area contributed by atoms with Crippen LogP contribution in [0.5, 0.6) is 5.75 Å². The fourth-order valence-corrected chi connectivity index (χ4v) is 4.83. The van der Waals surface area contributed by atoms with Crippen LogP contribution in [0, 0.1) is 19.8 Å². The van der Waals surface area contributed by atoms with Crippen LogP contribution in [0.4, 0.5) is 5.82 Å². The second-order valence-electron chi connectivity index (χ2n) is 8.86. The lowest BCUT2D eigenvalue weighted by Gasteiger charge is -2.23. The summed E-state index contributed by atoms with van der Waals surface area (Å²) in [4.78, 5) is 44.6. The van der Waals surface area contributed by atoms with Crippen molar-refractivity contribution < 1.29 is 14.3 Å². The number of ketones is 1. The number of hydrogen-bond donors (Lipinski definition) is 1. The fourth-order valence-electron chi connectivity index (χ4n) is 4.83. The molecule has 12 heteroatoms. The molecule has 182 valence electrons. The van der Waals surface area contributed by atoms with Gasteiger partial charge in [-0.05, 0) is 26.0 Å². The predicted octanol–water partition coefficient (Wildman–Crippen LogP) is 1.68. The van der Waals surface area contributed by atoms with E-state index in [2.05, 4.69) is 30.1 Å². The minimum atomic E-state index is -0.622. The SMILES string of the molecule is COc1cnc(-n2cnc(C)n2)c2[nH]cc(C(=O)C(=O)N3CC4C=NN(c5cccc(C)n5)C4C3)c12. The Morgan fingerprint density at radius 3 is 2.78 bits per heavy atom. The summed E-state index contributed by atoms with van der Waals surface area (Å²) in [6, 6.07) is 5.67. The predicted molar refractivity (Wildman–Crippen MR) is 130 cm³/mol. The molecule has 6 heterocycles. The molecule has 0 bridgehead atoms. The average Bonchev–Trinajstić information content (AvgIpc) is 3.66. The number of ether oxygens (including phenoxy) is 1. The fraction of sp³-hybridized carbons (Fsp3) is 0.292. The summed E-state index contributed by atoms with van der Waals surface area (Å²) in [7, 11) is 1.49. The monoisotopic (exact) mass is 485 g/mol. The number of carbonyl (C=O) groups is 2. The van der Waals surface area contributed by atoms with Gasteiger partial charge < -0.3 is 14.6 Å². The van der Waals surface area contributed by atoms with E-state index in [-0.39, 0.29) is 17.5 Å². The van der Waals surface area contributed by atoms with Gasteiger partial charge in [-0.3, -0.25) is 9.59 Å². The van der Waals surface area contributed by atoms with E-state index < -0.39 is 11.7 Å². The van der Waals surface area contributed by atoms with Crippen LogP contribution in [0.1, 0.15) is 21.9 Å². The molecule has 0 aromatic carbocycles. The van der Waals surface area contributed by atoms with E-state index in [0.717, 1.165) is 11.5 Å². The number of anilines is 1. The first kappa shape index (κ1) is 21.9. The van der Waals surface area contributed by atoms with Gasteiger partial charge in [0.05, 0.1) is 35.8 Å². The Labute approximate surface area is 205 Å². The van der Waals surface area contributed by atoms with Crippen LogP contribution in [0.3, 0.4) is 0 Å². The third-order valence-electron chi connectivity index (χ3n) is 6.56. The van der Waals surface area contributed by atoms with Crippen LogP contribution in [-0.4, -0.2) is 78.8 Å². The number of fused-ring (bicyclic) bond motifs is 2. The summed E-state index contributed by atoms with van der Waals surface area (Å²) in [5.41, 5.74) is 1.63. The lowest BCUT2D eigenvalue weighted by Crippen LogP contribution is -2.38. The molecular weight excluding hydrogens is 462 g/mol. The molecule has 6 rings (SSSR count). The highest BCUT2D eigenvalue weighted by Gasteiger charge is 2.43. The zero-order chi connectivity index (χ0) is 25.0. The van der Waals surface area contributed by atoms with Crippen molar-refractivity contribution in [2.24, 2.45) is 11.0 Å². The second-order valence-corrected chi connectivity index (χ2v) is 8.86. The van der Waals surface area contributed by atoms with Crippen LogP contribution in [0.15, 0.2) is 42.0 Å². The summed E-state index contributed by atoms with van der Waals surface area (Å²) in [6.07, 6.45) is 6.40. The number of rotatable bonds is 5. The van der Waals surface area contributed by atoms with Crippen molar-refractivity contribution in [3.63, 3.8) is 0 Å². The molecule has 1 N–H and O–H groups in total. The zero-order valence-electron chi connectivity index (χ0n) is 19.9. The van der Waals surface area contributed by atoms with Crippen molar-refractivity contribution in [3.8, 4) is 11.6 Å². The lowest BCUT2D eigenvalue weighted by molar-refractivity contribution is -0.125. The molecule has 4 aromatic rings. The van der Waals surface area contributed by atoms with Gasteiger partial charge in [0, 0.05) is 37.1 Å². The molecule has 1 fully saturated rings. The van der Waals surface area contributed by atoms with E-state index in [1.807, 2.05) is 36.3 Å². The Kier molecular flexibility index (Phi) is 5.02. The number of hydrogen-bond acceptors (Lipinski definition) is 9. The highest BCUT2D eigenvalue weighted by Crippen LogP contribution is 2.33. The lowest BCUT2D eigenvalue weighted by atomic mass is 10.1. The van der Waals surface area contributed by atoms with Gasteiger partial charge in [0.25, 0.3) is 11.7 Å². The summed E-state index contributed by atoms with van der Waals surface area (Å²) in [5.74, 6) is 0.960. The number of likely N-dealkylation sites (tertiary alicyclic amines) is 1. The van der Waals surface area contributed by atoms with Gasteiger partial charge in [-0.1, -0.05) is 6.07 Å². The van der Waals surface area contributed by atoms with Crippen molar-refractivity contribution >= 4 is 34.6 Å². The number of nitrogens with zero attached hydrogens (tertiary/aromatic N) is 8. The van der Waals surface area contributed by atoms with Crippen molar-refractivity contribution in [1.82, 2.24) is 34.6 Å². The van der Waals surface area contributed by atoms with Crippen molar-refractivity contribution in [1.29, 1.82) is 0 Å². The van der Waals surface area contributed by atoms with E-state index in [1.54, 1.807) is 11.8 Å². The number of methoxy groups -OCH3 is 1. The summed E-state index contributed by atoms with van der Waals surface area (Å²) in [5, 5.41) is 11.1. The standard InChI is InChI=1S/C24H23N9O3/c1-13-5-4-6-19(29-13)33-17-11-31(10-15(17)7-28-33)24(35)22(34)16-8-25-21-20(16)18(36-3)9-26-23(21)32-12-27-14(2)30-32/h4-9,12,15,17,25H,10-11H2,1-3H3. The van der Waals surface area contributed by atoms with Crippen molar-refractivity contribution in [3.05, 3.63) is 54.0 Å². The van der Waals surface area contributed by atoms with Crippen LogP contribution in [0.2, 0.25) is 0 Å². The summed E-state index contributed by atoms with van der Waals surface area (Å²) < 4.78 is 6.99. The Morgan fingerprint density at radius 2 is 2.03 bits per heavy atom. The average molecular weight is 486 g/mol. The maximum absolute atomic E-state index is 13.5. The highest BCUT2D eigenvalue weighted by atomic mass is 16.5. The third kappa shape index (κ3) is 3.41. The van der Waals surface area contributed by atoms with E-state index in [9.17, 15) is 9.59 Å². The number of H-pyrrole nitrogens is 1. The van der Waals surface area contributed by atoms with Crippen LogP contribution in [-0.2, 0) is 4.79 Å². The molecule has 0 radical (unpaired) electrons. The number of carbonyl (C=O) groups excluding carboxylic acids is 2. The van der Waals surface area contributed by atoms with Crippen LogP contribution < -0.4 is 9.75 Å². The molecule has 0 spiro atoms. The van der Waals surface area contributed by atoms with Gasteiger partial charge in [0.2, 0.25) is 0 Å². The number of Topliss-reactive ketones (excluding diaryl/α,β-unsaturated/α-hetero) is 1. The van der Waals surface area contributed by atoms with Gasteiger partial charge in [-0.15, -0.1) is 0 Å². The molecule has 1 amide bonds. The van der Waals surface area contributed by atoms with E-state index >= 15 is 0 Å². The van der Waals surface area contributed by atoms with Gasteiger partial charge in [0.15, 0.2) is 5.82 Å². The van der Waals surface area contributed by atoms with Crippen molar-refractivity contribution in [2.75, 3.05) is 25.2 Å². The number of pyridine rings is 2. The number of aryl methyl sites for hydroxylation is 2. The van der Waals surface area contributed by atoms with Crippen LogP contribution in [0.25, 0.3) is 16.7 Å². The van der Waals surface area contributed by atoms with Crippen LogP contribution >= 0.6 is 0 Å². The zero-order valence-corrected chi connectivity index (χ0v) is 19.9. The molecule has 12 nitrogen and oxygen atoms in total. The minimum absolute atomic E-state index is 0.0212. The number of amides is 1. The minimum Gasteiger partial charge on any atom is -0.494 e. The molecule has 2 unspecified atom stereocenters. The molecule has 2 aliphatic heterocycles. The van der Waals surface area contributed by atoms with E-state index in [4.69, 9.17) is 4.74 Å². The molecule has 0 saturated carbocycles. The Hall–Kier alpha value is -4.61. The number of aromatic nitrogens is 6. The molecule has 2 aliphatic rings. The maximum Gasteiger partial charge on any atom is 0.295 e. The quantitative estimate of drug-likeness (QED) is 0.333.